The monoisotopic (exact) mass is 288 g/mol. The van der Waals surface area contributed by atoms with Gasteiger partial charge in [-0.1, -0.05) is 12.1 Å². The number of piperidine rings is 1. The number of imide groups is 1. The van der Waals surface area contributed by atoms with Gasteiger partial charge in [-0.2, -0.15) is 0 Å². The first-order valence-electron chi connectivity index (χ1n) is 7.38. The molecule has 2 aliphatic rings. The Labute approximate surface area is 123 Å². The van der Waals surface area contributed by atoms with Crippen LogP contribution < -0.4 is 16.1 Å². The summed E-state index contributed by atoms with van der Waals surface area (Å²) in [6, 6.07) is 7.90. The van der Waals surface area contributed by atoms with Crippen LogP contribution in [-0.4, -0.2) is 43.0 Å². The summed E-state index contributed by atoms with van der Waals surface area (Å²) in [5.41, 5.74) is 5.35. The van der Waals surface area contributed by atoms with Crippen molar-refractivity contribution in [2.45, 2.75) is 18.8 Å². The first kappa shape index (κ1) is 14.0. The second kappa shape index (κ2) is 6.24. The van der Waals surface area contributed by atoms with E-state index in [2.05, 4.69) is 21.1 Å². The molecule has 21 heavy (non-hydrogen) atoms. The van der Waals surface area contributed by atoms with Gasteiger partial charge in [0, 0.05) is 38.3 Å². The maximum Gasteiger partial charge on any atom is 0.234 e. The van der Waals surface area contributed by atoms with Crippen molar-refractivity contribution >= 4 is 17.5 Å². The van der Waals surface area contributed by atoms with E-state index in [1.807, 2.05) is 24.3 Å². The van der Waals surface area contributed by atoms with E-state index in [0.717, 1.165) is 37.4 Å². The van der Waals surface area contributed by atoms with E-state index in [1.54, 1.807) is 0 Å². The van der Waals surface area contributed by atoms with Crippen LogP contribution in [0.5, 0.6) is 0 Å². The lowest BCUT2D eigenvalue weighted by atomic mass is 9.90. The van der Waals surface area contributed by atoms with Crippen LogP contribution in [0.25, 0.3) is 0 Å². The first-order valence-corrected chi connectivity index (χ1v) is 7.38. The van der Waals surface area contributed by atoms with Gasteiger partial charge in [0.15, 0.2) is 0 Å². The van der Waals surface area contributed by atoms with Crippen LogP contribution in [-0.2, 0) is 9.59 Å². The van der Waals surface area contributed by atoms with Gasteiger partial charge in [-0.05, 0) is 24.1 Å². The Bertz CT molecular complexity index is 523. The molecule has 2 aliphatic heterocycles. The van der Waals surface area contributed by atoms with E-state index in [-0.39, 0.29) is 17.7 Å². The van der Waals surface area contributed by atoms with Crippen molar-refractivity contribution in [3.8, 4) is 0 Å². The topological polar surface area (TPSA) is 73.5 Å². The Kier molecular flexibility index (Phi) is 4.17. The molecule has 3 N–H and O–H groups in total. The molecule has 1 aromatic carbocycles. The quantitative estimate of drug-likeness (QED) is 0.704. The lowest BCUT2D eigenvalue weighted by Gasteiger charge is -2.28. The standard InChI is InChI=1S/C15H20N4O2/c20-14-6-5-13(15(21)17-14)11-1-3-12(4-2-11)18-19-9-7-16-8-10-19/h1-4,13,16,18H,5-10H2,(H,17,20,21). The van der Waals surface area contributed by atoms with Crippen molar-refractivity contribution < 1.29 is 9.59 Å². The van der Waals surface area contributed by atoms with E-state index in [0.29, 0.717) is 12.8 Å². The molecule has 2 fully saturated rings. The van der Waals surface area contributed by atoms with Gasteiger partial charge in [-0.3, -0.25) is 14.9 Å². The molecule has 6 nitrogen and oxygen atoms in total. The highest BCUT2D eigenvalue weighted by Gasteiger charge is 2.27. The molecule has 1 unspecified atom stereocenters. The number of anilines is 1. The number of hydrogen-bond acceptors (Lipinski definition) is 5. The molecule has 0 spiro atoms. The van der Waals surface area contributed by atoms with Gasteiger partial charge >= 0.3 is 0 Å². The Morgan fingerprint density at radius 2 is 1.81 bits per heavy atom. The molecule has 2 saturated heterocycles. The summed E-state index contributed by atoms with van der Waals surface area (Å²) in [6.45, 7) is 3.91. The zero-order valence-electron chi connectivity index (χ0n) is 11.9. The highest BCUT2D eigenvalue weighted by molar-refractivity contribution is 6.00. The highest BCUT2D eigenvalue weighted by atomic mass is 16.2. The van der Waals surface area contributed by atoms with E-state index >= 15 is 0 Å². The number of carbonyl (C=O) groups excluding carboxylic acids is 2. The smallest absolute Gasteiger partial charge is 0.234 e. The third kappa shape index (κ3) is 3.40. The van der Waals surface area contributed by atoms with Crippen molar-refractivity contribution in [2.24, 2.45) is 0 Å². The fourth-order valence-corrected chi connectivity index (χ4v) is 2.76. The van der Waals surface area contributed by atoms with Crippen LogP contribution in [0.4, 0.5) is 5.69 Å². The molecule has 1 aromatic rings. The molecule has 6 heteroatoms. The van der Waals surface area contributed by atoms with Crippen LogP contribution in [0.2, 0.25) is 0 Å². The fraction of sp³-hybridized carbons (Fsp3) is 0.467. The molecule has 0 saturated carbocycles. The maximum absolute atomic E-state index is 11.8. The van der Waals surface area contributed by atoms with Crippen molar-refractivity contribution in [1.29, 1.82) is 0 Å². The lowest BCUT2D eigenvalue weighted by molar-refractivity contribution is -0.134. The Balaban J connectivity index is 1.63. The summed E-state index contributed by atoms with van der Waals surface area (Å²) >= 11 is 0. The average molecular weight is 288 g/mol. The SMILES string of the molecule is O=C1CCC(c2ccc(NN3CCNCC3)cc2)C(=O)N1. The summed E-state index contributed by atoms with van der Waals surface area (Å²) in [5, 5.41) is 7.88. The van der Waals surface area contributed by atoms with Crippen LogP contribution in [0.15, 0.2) is 24.3 Å². The predicted octanol–water partition coefficient (Wildman–Crippen LogP) is 0.439. The summed E-state index contributed by atoms with van der Waals surface area (Å²) in [6.07, 6.45) is 1.01. The third-order valence-corrected chi connectivity index (χ3v) is 3.96. The van der Waals surface area contributed by atoms with Crippen molar-refractivity contribution in [3.63, 3.8) is 0 Å². The van der Waals surface area contributed by atoms with Crippen LogP contribution >= 0.6 is 0 Å². The van der Waals surface area contributed by atoms with Crippen LogP contribution in [0.1, 0.15) is 24.3 Å². The van der Waals surface area contributed by atoms with E-state index < -0.39 is 0 Å². The number of benzene rings is 1. The summed E-state index contributed by atoms with van der Waals surface area (Å²) < 4.78 is 0. The molecule has 0 aliphatic carbocycles. The van der Waals surface area contributed by atoms with Crippen molar-refractivity contribution in [3.05, 3.63) is 29.8 Å². The van der Waals surface area contributed by atoms with Crippen LogP contribution in [0, 0.1) is 0 Å². The summed E-state index contributed by atoms with van der Waals surface area (Å²) in [5.74, 6) is -0.571. The average Bonchev–Trinajstić information content (AvgIpc) is 2.49. The molecular weight excluding hydrogens is 268 g/mol. The normalized spacial score (nSPS) is 23.7. The molecule has 1 atom stereocenters. The number of amides is 2. The highest BCUT2D eigenvalue weighted by Crippen LogP contribution is 2.25. The first-order chi connectivity index (χ1) is 10.2. The van der Waals surface area contributed by atoms with Gasteiger partial charge in [0.05, 0.1) is 5.92 Å². The van der Waals surface area contributed by atoms with Gasteiger partial charge < -0.3 is 10.7 Å². The molecule has 2 heterocycles. The van der Waals surface area contributed by atoms with Gasteiger partial charge in [0.25, 0.3) is 0 Å². The van der Waals surface area contributed by atoms with Gasteiger partial charge in [0.2, 0.25) is 11.8 Å². The molecule has 0 radical (unpaired) electrons. The van der Waals surface area contributed by atoms with Crippen LogP contribution in [0.3, 0.4) is 0 Å². The lowest BCUT2D eigenvalue weighted by Crippen LogP contribution is -2.46. The second-order valence-corrected chi connectivity index (χ2v) is 5.47. The van der Waals surface area contributed by atoms with Crippen molar-refractivity contribution in [1.82, 2.24) is 15.6 Å². The number of nitrogens with zero attached hydrogens (tertiary/aromatic N) is 1. The summed E-state index contributed by atoms with van der Waals surface area (Å²) in [7, 11) is 0. The number of carbonyl (C=O) groups is 2. The number of nitrogens with one attached hydrogen (secondary N) is 3. The summed E-state index contributed by atoms with van der Waals surface area (Å²) in [4.78, 5) is 23.0. The maximum atomic E-state index is 11.8. The number of hydrazine groups is 1. The molecular formula is C15H20N4O2. The Morgan fingerprint density at radius 1 is 1.10 bits per heavy atom. The Morgan fingerprint density at radius 3 is 2.48 bits per heavy atom. The molecule has 3 rings (SSSR count). The van der Waals surface area contributed by atoms with Gasteiger partial charge in [-0.15, -0.1) is 0 Å². The van der Waals surface area contributed by atoms with Crippen molar-refractivity contribution in [2.75, 3.05) is 31.6 Å². The molecule has 0 aromatic heterocycles. The fourth-order valence-electron chi connectivity index (χ4n) is 2.76. The Hall–Kier alpha value is -1.92. The minimum absolute atomic E-state index is 0.173. The second-order valence-electron chi connectivity index (χ2n) is 5.47. The van der Waals surface area contributed by atoms with Gasteiger partial charge in [-0.25, -0.2) is 5.01 Å². The van der Waals surface area contributed by atoms with Gasteiger partial charge in [0.1, 0.15) is 0 Å². The van der Waals surface area contributed by atoms with E-state index in [4.69, 9.17) is 0 Å². The molecule has 2 amide bonds. The molecule has 0 bridgehead atoms. The van der Waals surface area contributed by atoms with E-state index in [9.17, 15) is 9.59 Å². The zero-order chi connectivity index (χ0) is 14.7. The predicted molar refractivity (Wildman–Crippen MR) is 79.6 cm³/mol. The minimum Gasteiger partial charge on any atom is -0.319 e. The largest absolute Gasteiger partial charge is 0.319 e. The zero-order valence-corrected chi connectivity index (χ0v) is 11.9. The number of rotatable bonds is 3. The number of hydrogen-bond donors (Lipinski definition) is 3. The number of piperazine rings is 1. The minimum atomic E-state index is -0.212. The van der Waals surface area contributed by atoms with E-state index in [1.165, 1.54) is 0 Å². The third-order valence-electron chi connectivity index (χ3n) is 3.96. The molecule has 112 valence electrons.